The van der Waals surface area contributed by atoms with Gasteiger partial charge in [0.25, 0.3) is 5.91 Å². The van der Waals surface area contributed by atoms with Crippen LogP contribution < -0.4 is 15.4 Å². The second-order valence-corrected chi connectivity index (χ2v) is 6.67. The Morgan fingerprint density at radius 1 is 0.967 bits per heavy atom. The number of ether oxygens (including phenoxy) is 1. The minimum Gasteiger partial charge on any atom is -0.497 e. The molecule has 0 saturated carbocycles. The Labute approximate surface area is 175 Å². The fourth-order valence-electron chi connectivity index (χ4n) is 3.13. The normalized spacial score (nSPS) is 10.4. The number of methoxy groups -OCH3 is 1. The largest absolute Gasteiger partial charge is 0.497 e. The van der Waals surface area contributed by atoms with Gasteiger partial charge in [-0.1, -0.05) is 48.5 Å². The third-order valence-electron chi connectivity index (χ3n) is 4.67. The van der Waals surface area contributed by atoms with Crippen LogP contribution in [0.4, 0.5) is 11.5 Å². The SMILES string of the molecule is COc1ccc(Nc2ccnn2-c2ccccc2)c(C(=O)NCc2ccccc2)c1. The van der Waals surface area contributed by atoms with Crippen LogP contribution in [0.1, 0.15) is 15.9 Å². The minimum absolute atomic E-state index is 0.189. The number of carbonyl (C=O) groups excluding carboxylic acids is 1. The van der Waals surface area contributed by atoms with E-state index < -0.39 is 0 Å². The monoisotopic (exact) mass is 398 g/mol. The summed E-state index contributed by atoms with van der Waals surface area (Å²) in [6.07, 6.45) is 1.72. The molecular formula is C24H22N4O2. The summed E-state index contributed by atoms with van der Waals surface area (Å²) in [5.74, 6) is 1.18. The maximum Gasteiger partial charge on any atom is 0.253 e. The summed E-state index contributed by atoms with van der Waals surface area (Å²) in [5, 5.41) is 10.7. The Morgan fingerprint density at radius 3 is 2.43 bits per heavy atom. The van der Waals surface area contributed by atoms with E-state index in [-0.39, 0.29) is 5.91 Å². The molecule has 4 aromatic rings. The molecule has 0 fully saturated rings. The van der Waals surface area contributed by atoms with Gasteiger partial charge in [0.2, 0.25) is 0 Å². The summed E-state index contributed by atoms with van der Waals surface area (Å²) < 4.78 is 7.11. The van der Waals surface area contributed by atoms with Crippen LogP contribution in [0.3, 0.4) is 0 Å². The highest BCUT2D eigenvalue weighted by Crippen LogP contribution is 2.26. The molecule has 0 aliphatic heterocycles. The standard InChI is InChI=1S/C24H22N4O2/c1-30-20-12-13-22(21(16-20)24(29)25-17-18-8-4-2-5-9-18)27-23-14-15-26-28(23)19-10-6-3-7-11-19/h2-16,27H,17H2,1H3,(H,25,29). The molecule has 1 aromatic heterocycles. The molecular weight excluding hydrogens is 376 g/mol. The van der Waals surface area contributed by atoms with Crippen molar-refractivity contribution in [2.75, 3.05) is 12.4 Å². The highest BCUT2D eigenvalue weighted by molar-refractivity contribution is 6.00. The van der Waals surface area contributed by atoms with Gasteiger partial charge < -0.3 is 15.4 Å². The molecule has 3 aromatic carbocycles. The van der Waals surface area contributed by atoms with Crippen molar-refractivity contribution in [1.82, 2.24) is 15.1 Å². The number of nitrogens with one attached hydrogen (secondary N) is 2. The number of para-hydroxylation sites is 1. The molecule has 6 nitrogen and oxygen atoms in total. The van der Waals surface area contributed by atoms with Crippen LogP contribution >= 0.6 is 0 Å². The molecule has 0 saturated heterocycles. The highest BCUT2D eigenvalue weighted by atomic mass is 16.5. The molecule has 0 atom stereocenters. The average Bonchev–Trinajstić information content (AvgIpc) is 3.27. The Bertz CT molecular complexity index is 1120. The van der Waals surface area contributed by atoms with E-state index in [9.17, 15) is 4.79 Å². The van der Waals surface area contributed by atoms with E-state index in [0.717, 1.165) is 17.1 Å². The average molecular weight is 398 g/mol. The zero-order valence-corrected chi connectivity index (χ0v) is 16.6. The fourth-order valence-corrected chi connectivity index (χ4v) is 3.13. The van der Waals surface area contributed by atoms with Crippen molar-refractivity contribution in [3.63, 3.8) is 0 Å². The van der Waals surface area contributed by atoms with Crippen molar-refractivity contribution in [2.45, 2.75) is 6.54 Å². The molecule has 0 aliphatic carbocycles. The van der Waals surface area contributed by atoms with Crippen molar-refractivity contribution >= 4 is 17.4 Å². The summed E-state index contributed by atoms with van der Waals surface area (Å²) in [7, 11) is 1.58. The summed E-state index contributed by atoms with van der Waals surface area (Å²) >= 11 is 0. The predicted molar refractivity (Wildman–Crippen MR) is 117 cm³/mol. The number of anilines is 2. The molecule has 0 bridgehead atoms. The number of rotatable bonds is 7. The van der Waals surface area contributed by atoms with E-state index >= 15 is 0 Å². The summed E-state index contributed by atoms with van der Waals surface area (Å²) in [6, 6.07) is 26.9. The van der Waals surface area contributed by atoms with E-state index in [1.807, 2.05) is 78.9 Å². The molecule has 4 rings (SSSR count). The number of aromatic nitrogens is 2. The van der Waals surface area contributed by atoms with Crippen LogP contribution in [-0.4, -0.2) is 22.8 Å². The molecule has 0 spiro atoms. The van der Waals surface area contributed by atoms with E-state index in [0.29, 0.717) is 23.5 Å². The van der Waals surface area contributed by atoms with Crippen LogP contribution in [-0.2, 0) is 6.54 Å². The van der Waals surface area contributed by atoms with Crippen molar-refractivity contribution < 1.29 is 9.53 Å². The van der Waals surface area contributed by atoms with Crippen LogP contribution in [0.15, 0.2) is 91.1 Å². The third-order valence-corrected chi connectivity index (χ3v) is 4.67. The van der Waals surface area contributed by atoms with E-state index in [1.165, 1.54) is 0 Å². The molecule has 1 heterocycles. The molecule has 0 radical (unpaired) electrons. The van der Waals surface area contributed by atoms with E-state index in [4.69, 9.17) is 4.74 Å². The first-order valence-electron chi connectivity index (χ1n) is 9.61. The van der Waals surface area contributed by atoms with Gasteiger partial charge in [-0.15, -0.1) is 0 Å². The van der Waals surface area contributed by atoms with Crippen molar-refractivity contribution in [2.24, 2.45) is 0 Å². The Balaban J connectivity index is 1.60. The minimum atomic E-state index is -0.189. The number of hydrogen-bond acceptors (Lipinski definition) is 4. The molecule has 150 valence electrons. The van der Waals surface area contributed by atoms with Gasteiger partial charge in [-0.25, -0.2) is 4.68 Å². The summed E-state index contributed by atoms with van der Waals surface area (Å²) in [6.45, 7) is 0.443. The van der Waals surface area contributed by atoms with Gasteiger partial charge in [0.1, 0.15) is 11.6 Å². The second-order valence-electron chi connectivity index (χ2n) is 6.67. The number of benzene rings is 3. The van der Waals surface area contributed by atoms with Gasteiger partial charge in [-0.05, 0) is 35.9 Å². The van der Waals surface area contributed by atoms with Crippen LogP contribution in [0.5, 0.6) is 5.75 Å². The van der Waals surface area contributed by atoms with Crippen molar-refractivity contribution in [3.8, 4) is 11.4 Å². The third kappa shape index (κ3) is 4.33. The van der Waals surface area contributed by atoms with Gasteiger partial charge in [-0.3, -0.25) is 4.79 Å². The maximum absolute atomic E-state index is 13.0. The van der Waals surface area contributed by atoms with Crippen molar-refractivity contribution in [1.29, 1.82) is 0 Å². The van der Waals surface area contributed by atoms with Crippen molar-refractivity contribution in [3.05, 3.63) is 102 Å². The maximum atomic E-state index is 13.0. The van der Waals surface area contributed by atoms with E-state index in [1.54, 1.807) is 24.1 Å². The molecule has 0 aliphatic rings. The van der Waals surface area contributed by atoms with Gasteiger partial charge in [-0.2, -0.15) is 5.10 Å². The smallest absolute Gasteiger partial charge is 0.253 e. The topological polar surface area (TPSA) is 68.2 Å². The van der Waals surface area contributed by atoms with Gasteiger partial charge in [0, 0.05) is 12.6 Å². The first kappa shape index (κ1) is 19.3. The van der Waals surface area contributed by atoms with Crippen LogP contribution in [0.2, 0.25) is 0 Å². The van der Waals surface area contributed by atoms with E-state index in [2.05, 4.69) is 15.7 Å². The summed E-state index contributed by atoms with van der Waals surface area (Å²) in [5.41, 5.74) is 3.11. The predicted octanol–water partition coefficient (Wildman–Crippen LogP) is 4.55. The molecule has 6 heteroatoms. The number of carbonyl (C=O) groups is 1. The molecule has 2 N–H and O–H groups in total. The van der Waals surface area contributed by atoms with Gasteiger partial charge in [0.05, 0.1) is 30.2 Å². The van der Waals surface area contributed by atoms with Crippen LogP contribution in [0.25, 0.3) is 5.69 Å². The Hall–Kier alpha value is -4.06. The summed E-state index contributed by atoms with van der Waals surface area (Å²) in [4.78, 5) is 13.0. The quantitative estimate of drug-likeness (QED) is 0.479. The van der Waals surface area contributed by atoms with Crippen LogP contribution in [0, 0.1) is 0 Å². The lowest BCUT2D eigenvalue weighted by Crippen LogP contribution is -2.23. The fraction of sp³-hybridized carbons (Fsp3) is 0.0833. The second kappa shape index (κ2) is 8.96. The lowest BCUT2D eigenvalue weighted by Gasteiger charge is -2.15. The lowest BCUT2D eigenvalue weighted by molar-refractivity contribution is 0.0951. The first-order valence-corrected chi connectivity index (χ1v) is 9.61. The number of nitrogens with zero attached hydrogens (tertiary/aromatic N) is 2. The van der Waals surface area contributed by atoms with Gasteiger partial charge in [0.15, 0.2) is 0 Å². The Morgan fingerprint density at radius 2 is 1.70 bits per heavy atom. The van der Waals surface area contributed by atoms with Gasteiger partial charge >= 0.3 is 0 Å². The zero-order valence-electron chi connectivity index (χ0n) is 16.6. The lowest BCUT2D eigenvalue weighted by atomic mass is 10.1. The zero-order chi connectivity index (χ0) is 20.8. The first-order chi connectivity index (χ1) is 14.7. The number of hydrogen-bond donors (Lipinski definition) is 2. The highest BCUT2D eigenvalue weighted by Gasteiger charge is 2.15. The number of amides is 1. The Kier molecular flexibility index (Phi) is 5.75. The molecule has 30 heavy (non-hydrogen) atoms. The molecule has 0 unspecified atom stereocenters. The molecule has 1 amide bonds.